The summed E-state index contributed by atoms with van der Waals surface area (Å²) in [7, 11) is 1.53. The molecule has 1 aromatic heterocycles. The second kappa shape index (κ2) is 8.54. The van der Waals surface area contributed by atoms with Crippen LogP contribution in [0.2, 0.25) is 0 Å². The Labute approximate surface area is 192 Å². The first-order chi connectivity index (χ1) is 16.5. The van der Waals surface area contributed by atoms with Gasteiger partial charge in [-0.25, -0.2) is 9.29 Å². The van der Waals surface area contributed by atoms with Crippen LogP contribution >= 0.6 is 0 Å². The summed E-state index contributed by atoms with van der Waals surface area (Å²) in [6.07, 6.45) is 0. The Hall–Kier alpha value is -4.35. The number of benzene rings is 2. The standard InChI is InChI=1S/C22H19FN6O5/c1-3-33-15-8-7-12(9-16(15)32-2)20-24-17(34-26-20)11-28-19-18(25-27-28)21(30)29(22(19)31)14-6-4-5-13(23)10-14/h4-10,18-19H,3,11H2,1-2H3/t18-,19-/m0/s1. The molecule has 34 heavy (non-hydrogen) atoms. The molecular formula is C22H19FN6O5. The van der Waals surface area contributed by atoms with Gasteiger partial charge in [0.25, 0.3) is 11.8 Å². The van der Waals surface area contributed by atoms with Crippen LogP contribution in [0.5, 0.6) is 11.5 Å². The molecule has 2 aliphatic rings. The molecule has 2 atom stereocenters. The van der Waals surface area contributed by atoms with Crippen LogP contribution in [0, 0.1) is 5.82 Å². The van der Waals surface area contributed by atoms with Gasteiger partial charge in [0.05, 0.1) is 19.4 Å². The molecule has 5 rings (SSSR count). The van der Waals surface area contributed by atoms with Gasteiger partial charge in [-0.2, -0.15) is 10.1 Å². The highest BCUT2D eigenvalue weighted by Crippen LogP contribution is 2.34. The Morgan fingerprint density at radius 2 is 1.97 bits per heavy atom. The van der Waals surface area contributed by atoms with Gasteiger partial charge in [-0.3, -0.25) is 14.6 Å². The van der Waals surface area contributed by atoms with Gasteiger partial charge in [0, 0.05) is 5.56 Å². The number of nitrogens with zero attached hydrogens (tertiary/aromatic N) is 6. The van der Waals surface area contributed by atoms with Crippen LogP contribution in [-0.4, -0.2) is 52.8 Å². The van der Waals surface area contributed by atoms with Crippen molar-refractivity contribution in [1.29, 1.82) is 0 Å². The number of anilines is 1. The van der Waals surface area contributed by atoms with E-state index in [4.69, 9.17) is 14.0 Å². The lowest BCUT2D eigenvalue weighted by molar-refractivity contribution is -0.123. The maximum atomic E-state index is 13.6. The van der Waals surface area contributed by atoms with Crippen LogP contribution in [0.3, 0.4) is 0 Å². The summed E-state index contributed by atoms with van der Waals surface area (Å²) in [6, 6.07) is 8.50. The zero-order chi connectivity index (χ0) is 23.8. The van der Waals surface area contributed by atoms with Crippen molar-refractivity contribution in [2.24, 2.45) is 10.3 Å². The molecule has 3 aromatic rings. The molecule has 0 spiro atoms. The fraction of sp³-hybridized carbons (Fsp3) is 0.273. The van der Waals surface area contributed by atoms with Crippen molar-refractivity contribution in [3.8, 4) is 22.9 Å². The topological polar surface area (TPSA) is 123 Å². The number of halogens is 1. The van der Waals surface area contributed by atoms with Crippen LogP contribution in [0.25, 0.3) is 11.4 Å². The number of amides is 2. The third-order valence-corrected chi connectivity index (χ3v) is 5.41. The number of ether oxygens (including phenoxy) is 2. The van der Waals surface area contributed by atoms with E-state index >= 15 is 0 Å². The highest BCUT2D eigenvalue weighted by molar-refractivity contribution is 6.25. The summed E-state index contributed by atoms with van der Waals surface area (Å²) in [4.78, 5) is 31.1. The normalized spacial score (nSPS) is 19.1. The Kier molecular flexibility index (Phi) is 5.40. The second-order valence-corrected chi connectivity index (χ2v) is 7.49. The number of methoxy groups -OCH3 is 1. The molecule has 0 unspecified atom stereocenters. The van der Waals surface area contributed by atoms with Gasteiger partial charge in [-0.1, -0.05) is 16.4 Å². The van der Waals surface area contributed by atoms with E-state index in [0.29, 0.717) is 29.5 Å². The van der Waals surface area contributed by atoms with Crippen LogP contribution in [0.15, 0.2) is 57.3 Å². The summed E-state index contributed by atoms with van der Waals surface area (Å²) in [5.74, 6) is -0.0899. The predicted molar refractivity (Wildman–Crippen MR) is 114 cm³/mol. The predicted octanol–water partition coefficient (Wildman–Crippen LogP) is 2.78. The molecule has 0 bridgehead atoms. The van der Waals surface area contributed by atoms with E-state index < -0.39 is 29.7 Å². The third kappa shape index (κ3) is 3.62. The fourth-order valence-electron chi connectivity index (χ4n) is 3.88. The fourth-order valence-corrected chi connectivity index (χ4v) is 3.88. The van der Waals surface area contributed by atoms with Crippen molar-refractivity contribution in [3.63, 3.8) is 0 Å². The zero-order valence-corrected chi connectivity index (χ0v) is 18.2. The molecular weight excluding hydrogens is 447 g/mol. The van der Waals surface area contributed by atoms with Gasteiger partial charge in [-0.15, -0.1) is 0 Å². The number of rotatable bonds is 7. The van der Waals surface area contributed by atoms with Crippen molar-refractivity contribution in [2.75, 3.05) is 18.6 Å². The van der Waals surface area contributed by atoms with Crippen molar-refractivity contribution < 1.29 is 28.0 Å². The molecule has 1 fully saturated rings. The number of hydrogen-bond acceptors (Lipinski definition) is 10. The minimum atomic E-state index is -1.02. The van der Waals surface area contributed by atoms with Crippen molar-refractivity contribution >= 4 is 17.5 Å². The minimum Gasteiger partial charge on any atom is -0.493 e. The molecule has 174 valence electrons. The quantitative estimate of drug-likeness (QED) is 0.487. The van der Waals surface area contributed by atoms with Crippen molar-refractivity contribution in [3.05, 3.63) is 54.2 Å². The number of imide groups is 1. The lowest BCUT2D eigenvalue weighted by atomic mass is 10.1. The molecule has 12 heteroatoms. The van der Waals surface area contributed by atoms with Crippen LogP contribution in [0.4, 0.5) is 10.1 Å². The first kappa shape index (κ1) is 21.5. The van der Waals surface area contributed by atoms with Gasteiger partial charge < -0.3 is 14.0 Å². The highest BCUT2D eigenvalue weighted by Gasteiger charge is 2.55. The molecule has 2 aromatic carbocycles. The van der Waals surface area contributed by atoms with Crippen LogP contribution < -0.4 is 14.4 Å². The van der Waals surface area contributed by atoms with Crippen LogP contribution in [0.1, 0.15) is 12.8 Å². The number of carbonyl (C=O) groups excluding carboxylic acids is 2. The van der Waals surface area contributed by atoms with E-state index in [0.717, 1.165) is 11.0 Å². The van der Waals surface area contributed by atoms with Crippen molar-refractivity contribution in [1.82, 2.24) is 15.1 Å². The van der Waals surface area contributed by atoms with Crippen molar-refractivity contribution in [2.45, 2.75) is 25.6 Å². The summed E-state index contributed by atoms with van der Waals surface area (Å²) in [6.45, 7) is 2.33. The number of hydrogen-bond donors (Lipinski definition) is 0. The lowest BCUT2D eigenvalue weighted by Gasteiger charge is -2.19. The van der Waals surface area contributed by atoms with E-state index in [1.807, 2.05) is 6.92 Å². The summed E-state index contributed by atoms with van der Waals surface area (Å²) in [5.41, 5.74) is 0.782. The van der Waals surface area contributed by atoms with E-state index in [2.05, 4.69) is 20.5 Å². The molecule has 2 amide bonds. The molecule has 2 aliphatic heterocycles. The first-order valence-electron chi connectivity index (χ1n) is 10.4. The molecule has 1 saturated heterocycles. The third-order valence-electron chi connectivity index (χ3n) is 5.41. The molecule has 0 N–H and O–H groups in total. The first-order valence-corrected chi connectivity index (χ1v) is 10.4. The van der Waals surface area contributed by atoms with Gasteiger partial charge >= 0.3 is 0 Å². The highest BCUT2D eigenvalue weighted by atomic mass is 19.1. The van der Waals surface area contributed by atoms with Gasteiger partial charge in [0.1, 0.15) is 12.4 Å². The SMILES string of the molecule is CCOc1ccc(-c2noc(CN3N=N[C@@H]4C(=O)N(c5cccc(F)c5)C(=O)[C@H]43)n2)cc1OC. The smallest absolute Gasteiger partial charge is 0.263 e. The molecule has 11 nitrogen and oxygen atoms in total. The number of carbonyl (C=O) groups is 2. The largest absolute Gasteiger partial charge is 0.493 e. The molecule has 0 radical (unpaired) electrons. The summed E-state index contributed by atoms with van der Waals surface area (Å²) >= 11 is 0. The molecule has 0 saturated carbocycles. The van der Waals surface area contributed by atoms with E-state index in [9.17, 15) is 14.0 Å². The van der Waals surface area contributed by atoms with E-state index in [1.54, 1.807) is 18.2 Å². The lowest BCUT2D eigenvalue weighted by Crippen LogP contribution is -2.39. The zero-order valence-electron chi connectivity index (χ0n) is 18.2. The Morgan fingerprint density at radius 1 is 1.12 bits per heavy atom. The maximum absolute atomic E-state index is 13.6. The second-order valence-electron chi connectivity index (χ2n) is 7.49. The Bertz CT molecular complexity index is 1290. The average Bonchev–Trinajstić information content (AvgIpc) is 3.52. The summed E-state index contributed by atoms with van der Waals surface area (Å²) in [5, 5.41) is 13.2. The molecule has 3 heterocycles. The van der Waals surface area contributed by atoms with E-state index in [1.165, 1.54) is 30.3 Å². The van der Waals surface area contributed by atoms with Gasteiger partial charge in [0.2, 0.25) is 11.7 Å². The molecule has 0 aliphatic carbocycles. The van der Waals surface area contributed by atoms with E-state index in [-0.39, 0.29) is 18.1 Å². The number of fused-ring (bicyclic) bond motifs is 1. The Morgan fingerprint density at radius 3 is 2.74 bits per heavy atom. The summed E-state index contributed by atoms with van der Waals surface area (Å²) < 4.78 is 29.8. The minimum absolute atomic E-state index is 0.0398. The van der Waals surface area contributed by atoms with Gasteiger partial charge in [0.15, 0.2) is 23.6 Å². The average molecular weight is 466 g/mol. The maximum Gasteiger partial charge on any atom is 0.263 e. The van der Waals surface area contributed by atoms with Crippen LogP contribution in [-0.2, 0) is 16.1 Å². The monoisotopic (exact) mass is 466 g/mol. The Balaban J connectivity index is 1.34. The van der Waals surface area contributed by atoms with Gasteiger partial charge in [-0.05, 0) is 43.3 Å². The number of aromatic nitrogens is 2.